The number of rotatable bonds is 3. The molecule has 7 heteroatoms. The van der Waals surface area contributed by atoms with Crippen molar-refractivity contribution in [3.63, 3.8) is 0 Å². The zero-order valence-electron chi connectivity index (χ0n) is 9.55. The van der Waals surface area contributed by atoms with Crippen LogP contribution in [0, 0.1) is 5.92 Å². The lowest BCUT2D eigenvalue weighted by Crippen LogP contribution is -2.40. The molecule has 96 valence electrons. The molecule has 1 aliphatic heterocycles. The average molecular weight is 288 g/mol. The predicted octanol–water partition coefficient (Wildman–Crippen LogP) is 2.59. The van der Waals surface area contributed by atoms with Gasteiger partial charge in [-0.25, -0.2) is 14.8 Å². The summed E-state index contributed by atoms with van der Waals surface area (Å²) in [6.07, 6.45) is 2.11. The average Bonchev–Trinajstić information content (AvgIpc) is 2.66. The number of carboxylic acids is 1. The number of anilines is 1. The molecule has 2 unspecified atom stereocenters. The molecular formula is C11H11Cl2N3O2. The Morgan fingerprint density at radius 2 is 2.28 bits per heavy atom. The van der Waals surface area contributed by atoms with E-state index in [0.29, 0.717) is 17.3 Å². The molecule has 18 heavy (non-hydrogen) atoms. The number of halogens is 2. The number of hydrazone groups is 1. The first-order valence-corrected chi connectivity index (χ1v) is 6.18. The Kier molecular flexibility index (Phi) is 3.73. The molecule has 0 fully saturated rings. The molecule has 0 aliphatic carbocycles. The van der Waals surface area contributed by atoms with Crippen molar-refractivity contribution in [1.29, 1.82) is 0 Å². The molecule has 0 amide bonds. The first-order valence-electron chi connectivity index (χ1n) is 5.42. The van der Waals surface area contributed by atoms with Crippen LogP contribution in [0.25, 0.3) is 0 Å². The van der Waals surface area contributed by atoms with E-state index in [2.05, 4.69) is 10.1 Å². The van der Waals surface area contributed by atoms with Gasteiger partial charge in [0, 0.05) is 12.1 Å². The van der Waals surface area contributed by atoms with Gasteiger partial charge in [-0.05, 0) is 18.6 Å². The third kappa shape index (κ3) is 2.15. The minimum atomic E-state index is -0.997. The van der Waals surface area contributed by atoms with Gasteiger partial charge in [-0.15, -0.1) is 0 Å². The number of aliphatic carboxylic acids is 1. The number of carbonyl (C=O) groups is 1. The van der Waals surface area contributed by atoms with Gasteiger partial charge < -0.3 is 5.11 Å². The maximum absolute atomic E-state index is 11.4. The highest BCUT2D eigenvalue weighted by Crippen LogP contribution is 2.34. The highest BCUT2D eigenvalue weighted by Gasteiger charge is 2.42. The number of hydrogen-bond donors (Lipinski definition) is 1. The van der Waals surface area contributed by atoms with Crippen LogP contribution in [-0.4, -0.2) is 27.3 Å². The zero-order chi connectivity index (χ0) is 13.3. The zero-order valence-corrected chi connectivity index (χ0v) is 11.1. The van der Waals surface area contributed by atoms with E-state index in [1.54, 1.807) is 12.1 Å². The van der Waals surface area contributed by atoms with Gasteiger partial charge in [-0.1, -0.05) is 30.1 Å². The molecule has 0 saturated carbocycles. The summed E-state index contributed by atoms with van der Waals surface area (Å²) in [5, 5.41) is 15.3. The first kappa shape index (κ1) is 13.1. The SMILES string of the molecule is CCC1C(Cl)=NN(c2ncccc2Cl)C1C(=O)O. The predicted molar refractivity (Wildman–Crippen MR) is 70.2 cm³/mol. The topological polar surface area (TPSA) is 65.8 Å². The van der Waals surface area contributed by atoms with Crippen molar-refractivity contribution >= 4 is 40.2 Å². The van der Waals surface area contributed by atoms with E-state index in [9.17, 15) is 9.90 Å². The van der Waals surface area contributed by atoms with E-state index in [1.807, 2.05) is 6.92 Å². The summed E-state index contributed by atoms with van der Waals surface area (Å²) in [4.78, 5) is 15.4. The van der Waals surface area contributed by atoms with Gasteiger partial charge in [0.2, 0.25) is 0 Å². The lowest BCUT2D eigenvalue weighted by Gasteiger charge is -2.23. The van der Waals surface area contributed by atoms with Crippen LogP contribution in [0.1, 0.15) is 13.3 Å². The first-order chi connectivity index (χ1) is 8.56. The van der Waals surface area contributed by atoms with Crippen LogP contribution in [0.4, 0.5) is 5.82 Å². The van der Waals surface area contributed by atoms with Crippen LogP contribution in [0.3, 0.4) is 0 Å². The van der Waals surface area contributed by atoms with Crippen LogP contribution < -0.4 is 5.01 Å². The van der Waals surface area contributed by atoms with Crippen LogP contribution in [0.2, 0.25) is 5.02 Å². The molecule has 0 aromatic carbocycles. The Labute approximate surface area is 114 Å². The Bertz CT molecular complexity index is 507. The van der Waals surface area contributed by atoms with Crippen molar-refractivity contribution in [1.82, 2.24) is 4.98 Å². The van der Waals surface area contributed by atoms with Gasteiger partial charge in [-0.2, -0.15) is 5.10 Å². The third-order valence-electron chi connectivity index (χ3n) is 2.80. The molecule has 0 spiro atoms. The van der Waals surface area contributed by atoms with Crippen LogP contribution in [-0.2, 0) is 4.79 Å². The van der Waals surface area contributed by atoms with Gasteiger partial charge in [0.05, 0.1) is 5.02 Å². The summed E-state index contributed by atoms with van der Waals surface area (Å²) in [7, 11) is 0. The summed E-state index contributed by atoms with van der Waals surface area (Å²) >= 11 is 12.0. The molecular weight excluding hydrogens is 277 g/mol. The molecule has 0 radical (unpaired) electrons. The Hall–Kier alpha value is -1.33. The Balaban J connectivity index is 2.44. The minimum absolute atomic E-state index is 0.270. The van der Waals surface area contributed by atoms with E-state index >= 15 is 0 Å². The van der Waals surface area contributed by atoms with E-state index in [-0.39, 0.29) is 11.1 Å². The standard InChI is InChI=1S/C11H11Cl2N3O2/c1-2-6-8(11(17)18)16(15-9(6)13)10-7(12)4-3-5-14-10/h3-6,8H,2H2,1H3,(H,17,18). The molecule has 2 atom stereocenters. The van der Waals surface area contributed by atoms with Gasteiger partial charge >= 0.3 is 5.97 Å². The van der Waals surface area contributed by atoms with E-state index in [1.165, 1.54) is 11.2 Å². The van der Waals surface area contributed by atoms with Gasteiger partial charge in [0.15, 0.2) is 11.9 Å². The highest BCUT2D eigenvalue weighted by molar-refractivity contribution is 6.66. The summed E-state index contributed by atoms with van der Waals surface area (Å²) in [6, 6.07) is 2.43. The molecule has 1 N–H and O–H groups in total. The van der Waals surface area contributed by atoms with E-state index in [4.69, 9.17) is 23.2 Å². The molecule has 1 aliphatic rings. The summed E-state index contributed by atoms with van der Waals surface area (Å²) in [5.41, 5.74) is 0. The van der Waals surface area contributed by atoms with Crippen molar-refractivity contribution in [2.45, 2.75) is 19.4 Å². The third-order valence-corrected chi connectivity index (χ3v) is 3.45. The maximum atomic E-state index is 11.4. The highest BCUT2D eigenvalue weighted by atomic mass is 35.5. The monoisotopic (exact) mass is 287 g/mol. The number of aromatic nitrogens is 1. The van der Waals surface area contributed by atoms with Crippen LogP contribution in [0.5, 0.6) is 0 Å². The number of carboxylic acid groups (broad SMARTS) is 1. The quantitative estimate of drug-likeness (QED) is 0.928. The second kappa shape index (κ2) is 5.12. The second-order valence-corrected chi connectivity index (χ2v) is 4.67. The number of pyridine rings is 1. The number of hydrogen-bond acceptors (Lipinski definition) is 4. The molecule has 2 heterocycles. The van der Waals surface area contributed by atoms with Crippen molar-refractivity contribution in [2.75, 3.05) is 5.01 Å². The lowest BCUT2D eigenvalue weighted by molar-refractivity contribution is -0.139. The molecule has 1 aromatic heterocycles. The van der Waals surface area contributed by atoms with Crippen molar-refractivity contribution < 1.29 is 9.90 Å². The van der Waals surface area contributed by atoms with Crippen molar-refractivity contribution in [2.24, 2.45) is 11.0 Å². The fourth-order valence-corrected chi connectivity index (χ4v) is 2.50. The summed E-state index contributed by atoms with van der Waals surface area (Å²) in [5.74, 6) is -1.04. The van der Waals surface area contributed by atoms with Crippen molar-refractivity contribution in [3.05, 3.63) is 23.4 Å². The van der Waals surface area contributed by atoms with E-state index in [0.717, 1.165) is 0 Å². The number of nitrogens with zero attached hydrogens (tertiary/aromatic N) is 3. The molecule has 0 saturated heterocycles. The molecule has 0 bridgehead atoms. The minimum Gasteiger partial charge on any atom is -0.480 e. The normalized spacial score (nSPS) is 23.1. The van der Waals surface area contributed by atoms with Crippen LogP contribution >= 0.6 is 23.2 Å². The van der Waals surface area contributed by atoms with E-state index < -0.39 is 12.0 Å². The van der Waals surface area contributed by atoms with Crippen LogP contribution in [0.15, 0.2) is 23.4 Å². The second-order valence-electron chi connectivity index (χ2n) is 3.87. The molecule has 5 nitrogen and oxygen atoms in total. The largest absolute Gasteiger partial charge is 0.480 e. The Morgan fingerprint density at radius 1 is 1.56 bits per heavy atom. The fraction of sp³-hybridized carbons (Fsp3) is 0.364. The fourth-order valence-electron chi connectivity index (χ4n) is 1.93. The summed E-state index contributed by atoms with van der Waals surface area (Å²) < 4.78 is 0. The summed E-state index contributed by atoms with van der Waals surface area (Å²) in [6.45, 7) is 1.86. The maximum Gasteiger partial charge on any atom is 0.329 e. The smallest absolute Gasteiger partial charge is 0.329 e. The van der Waals surface area contributed by atoms with Gasteiger partial charge in [-0.3, -0.25) is 0 Å². The molecule has 1 aromatic rings. The van der Waals surface area contributed by atoms with Gasteiger partial charge in [0.25, 0.3) is 0 Å². The molecule has 2 rings (SSSR count). The Morgan fingerprint density at radius 3 is 2.83 bits per heavy atom. The lowest BCUT2D eigenvalue weighted by atomic mass is 9.99. The van der Waals surface area contributed by atoms with Gasteiger partial charge in [0.1, 0.15) is 5.17 Å². The van der Waals surface area contributed by atoms with Crippen molar-refractivity contribution in [3.8, 4) is 0 Å².